The molecule has 0 saturated heterocycles. The number of nitrogens with zero attached hydrogens (tertiary/aromatic N) is 1. The number of carbonyl (C=O) groups excluding carboxylic acids is 3. The minimum Gasteiger partial charge on any atom is -0.478 e. The molecule has 0 radical (unpaired) electrons. The summed E-state index contributed by atoms with van der Waals surface area (Å²) >= 11 is 5.85. The highest BCUT2D eigenvalue weighted by atomic mass is 35.5. The quantitative estimate of drug-likeness (QED) is 0.820. The fraction of sp³-hybridized carbons (Fsp3) is 0.0588. The highest BCUT2D eigenvalue weighted by Gasteiger charge is 2.33. The molecule has 7 nitrogen and oxygen atoms in total. The van der Waals surface area contributed by atoms with E-state index in [1.54, 1.807) is 0 Å². The van der Waals surface area contributed by atoms with Crippen molar-refractivity contribution >= 4 is 41.0 Å². The molecule has 126 valence electrons. The van der Waals surface area contributed by atoms with Gasteiger partial charge >= 0.3 is 5.97 Å². The minimum atomic E-state index is -1.22. The molecule has 0 fully saturated rings. The number of benzene rings is 2. The van der Waals surface area contributed by atoms with E-state index in [1.807, 2.05) is 0 Å². The van der Waals surface area contributed by atoms with Crippen LogP contribution in [-0.2, 0) is 0 Å². The Hall–Kier alpha value is -3.19. The summed E-state index contributed by atoms with van der Waals surface area (Å²) in [7, 11) is 1.36. The lowest BCUT2D eigenvalue weighted by Gasteiger charge is -2.09. The van der Waals surface area contributed by atoms with Crippen LogP contribution in [0.3, 0.4) is 0 Å². The summed E-state index contributed by atoms with van der Waals surface area (Å²) in [6, 6.07) is 8.09. The van der Waals surface area contributed by atoms with Gasteiger partial charge in [-0.1, -0.05) is 11.6 Å². The van der Waals surface area contributed by atoms with Crippen LogP contribution in [0.15, 0.2) is 36.4 Å². The number of fused-ring (bicyclic) bond motifs is 1. The maximum absolute atomic E-state index is 12.4. The van der Waals surface area contributed by atoms with Gasteiger partial charge in [-0.2, -0.15) is 0 Å². The molecule has 0 aliphatic carbocycles. The smallest absolute Gasteiger partial charge is 0.337 e. The van der Waals surface area contributed by atoms with Gasteiger partial charge in [0.1, 0.15) is 0 Å². The largest absolute Gasteiger partial charge is 0.478 e. The van der Waals surface area contributed by atoms with Gasteiger partial charge in [0.2, 0.25) is 0 Å². The number of carboxylic acids is 1. The van der Waals surface area contributed by atoms with Crippen LogP contribution in [0, 0.1) is 0 Å². The molecule has 1 heterocycles. The SMILES string of the molecule is CN1C(=O)c2ccc(C(=O)Nc3cc(Cl)ccc3C(=O)O)cc2C1=O. The normalized spacial score (nSPS) is 13.0. The van der Waals surface area contributed by atoms with E-state index in [2.05, 4.69) is 5.32 Å². The topological polar surface area (TPSA) is 104 Å². The summed E-state index contributed by atoms with van der Waals surface area (Å²) in [6.07, 6.45) is 0. The van der Waals surface area contributed by atoms with E-state index in [0.29, 0.717) is 0 Å². The first-order valence-corrected chi connectivity index (χ1v) is 7.48. The van der Waals surface area contributed by atoms with Gasteiger partial charge in [0.05, 0.1) is 22.4 Å². The van der Waals surface area contributed by atoms with Gasteiger partial charge in [0.15, 0.2) is 0 Å². The number of amides is 3. The van der Waals surface area contributed by atoms with Crippen LogP contribution in [0.5, 0.6) is 0 Å². The number of aromatic carboxylic acids is 1. The molecule has 0 bridgehead atoms. The third kappa shape index (κ3) is 2.85. The molecule has 0 unspecified atom stereocenters. The van der Waals surface area contributed by atoms with Gasteiger partial charge in [0, 0.05) is 17.6 Å². The van der Waals surface area contributed by atoms with Crippen molar-refractivity contribution in [2.75, 3.05) is 12.4 Å². The Balaban J connectivity index is 1.94. The predicted molar refractivity (Wildman–Crippen MR) is 89.2 cm³/mol. The Labute approximate surface area is 146 Å². The number of nitrogens with one attached hydrogen (secondary N) is 1. The molecular weight excluding hydrogens is 348 g/mol. The Bertz CT molecular complexity index is 954. The lowest BCUT2D eigenvalue weighted by atomic mass is 10.0. The van der Waals surface area contributed by atoms with Crippen molar-refractivity contribution in [2.24, 2.45) is 0 Å². The van der Waals surface area contributed by atoms with E-state index in [0.717, 1.165) is 4.90 Å². The Kier molecular flexibility index (Phi) is 4.02. The van der Waals surface area contributed by atoms with Crippen LogP contribution in [0.1, 0.15) is 41.4 Å². The summed E-state index contributed by atoms with van der Waals surface area (Å²) in [6.45, 7) is 0. The fourth-order valence-electron chi connectivity index (χ4n) is 2.50. The number of hydrogen-bond donors (Lipinski definition) is 2. The summed E-state index contributed by atoms with van der Waals surface area (Å²) < 4.78 is 0. The van der Waals surface area contributed by atoms with Crippen molar-refractivity contribution in [2.45, 2.75) is 0 Å². The molecule has 3 amide bonds. The van der Waals surface area contributed by atoms with Crippen molar-refractivity contribution < 1.29 is 24.3 Å². The molecule has 1 aliphatic heterocycles. The van der Waals surface area contributed by atoms with Gasteiger partial charge in [-0.25, -0.2) is 4.79 Å². The molecule has 8 heteroatoms. The molecule has 0 atom stereocenters. The maximum Gasteiger partial charge on any atom is 0.337 e. The highest BCUT2D eigenvalue weighted by Crippen LogP contribution is 2.25. The van der Waals surface area contributed by atoms with E-state index in [9.17, 15) is 24.3 Å². The molecule has 25 heavy (non-hydrogen) atoms. The number of carboxylic acid groups (broad SMARTS) is 1. The maximum atomic E-state index is 12.4. The second-order valence-corrected chi connectivity index (χ2v) is 5.82. The average Bonchev–Trinajstić information content (AvgIpc) is 2.79. The summed E-state index contributed by atoms with van der Waals surface area (Å²) in [5, 5.41) is 11.9. The molecule has 3 rings (SSSR count). The zero-order chi connectivity index (χ0) is 18.3. The third-order valence-electron chi connectivity index (χ3n) is 3.81. The van der Waals surface area contributed by atoms with Crippen LogP contribution in [-0.4, -0.2) is 40.7 Å². The average molecular weight is 359 g/mol. The molecular formula is C17H11ClN2O5. The van der Waals surface area contributed by atoms with E-state index >= 15 is 0 Å². The fourth-order valence-corrected chi connectivity index (χ4v) is 2.68. The van der Waals surface area contributed by atoms with Crippen LogP contribution in [0.25, 0.3) is 0 Å². The van der Waals surface area contributed by atoms with Gasteiger partial charge in [-0.05, 0) is 36.4 Å². The van der Waals surface area contributed by atoms with Crippen molar-refractivity contribution in [3.8, 4) is 0 Å². The van der Waals surface area contributed by atoms with Crippen LogP contribution in [0.4, 0.5) is 5.69 Å². The lowest BCUT2D eigenvalue weighted by molar-refractivity contribution is 0.0682. The first-order chi connectivity index (χ1) is 11.8. The number of halogens is 1. The molecule has 1 aliphatic rings. The summed E-state index contributed by atoms with van der Waals surface area (Å²) in [4.78, 5) is 48.5. The first-order valence-electron chi connectivity index (χ1n) is 7.10. The monoisotopic (exact) mass is 358 g/mol. The van der Waals surface area contributed by atoms with Gasteiger partial charge in [-0.3, -0.25) is 19.3 Å². The van der Waals surface area contributed by atoms with Gasteiger partial charge in [-0.15, -0.1) is 0 Å². The van der Waals surface area contributed by atoms with Gasteiger partial charge < -0.3 is 10.4 Å². The Morgan fingerprint density at radius 1 is 1.04 bits per heavy atom. The number of hydrogen-bond acceptors (Lipinski definition) is 4. The van der Waals surface area contributed by atoms with Crippen molar-refractivity contribution in [3.63, 3.8) is 0 Å². The number of rotatable bonds is 3. The standard InChI is InChI=1S/C17H11ClN2O5/c1-20-15(22)10-4-2-8(6-12(10)16(20)23)14(21)19-13-7-9(18)3-5-11(13)17(24)25/h2-7H,1H3,(H,19,21)(H,24,25). The van der Waals surface area contributed by atoms with E-state index < -0.39 is 23.7 Å². The predicted octanol–water partition coefficient (Wildman–Crippen LogP) is 2.52. The Morgan fingerprint density at radius 3 is 2.40 bits per heavy atom. The molecule has 0 saturated carbocycles. The van der Waals surface area contributed by atoms with E-state index in [1.165, 1.54) is 43.4 Å². The van der Waals surface area contributed by atoms with E-state index in [4.69, 9.17) is 11.6 Å². The molecule has 2 N–H and O–H groups in total. The number of imide groups is 1. The molecule has 2 aromatic carbocycles. The molecule has 0 aromatic heterocycles. The zero-order valence-electron chi connectivity index (χ0n) is 12.9. The van der Waals surface area contributed by atoms with Crippen molar-refractivity contribution in [3.05, 3.63) is 63.7 Å². The second kappa shape index (κ2) is 6.03. The van der Waals surface area contributed by atoms with Gasteiger partial charge in [0.25, 0.3) is 17.7 Å². The number of anilines is 1. The Morgan fingerprint density at radius 2 is 1.72 bits per heavy atom. The van der Waals surface area contributed by atoms with Crippen LogP contribution < -0.4 is 5.32 Å². The van der Waals surface area contributed by atoms with Crippen molar-refractivity contribution in [1.82, 2.24) is 4.90 Å². The summed E-state index contributed by atoms with van der Waals surface area (Å²) in [5.74, 6) is -2.77. The van der Waals surface area contributed by atoms with Crippen LogP contribution in [0.2, 0.25) is 5.02 Å². The second-order valence-electron chi connectivity index (χ2n) is 5.38. The van der Waals surface area contributed by atoms with Crippen molar-refractivity contribution in [1.29, 1.82) is 0 Å². The zero-order valence-corrected chi connectivity index (χ0v) is 13.6. The number of carbonyl (C=O) groups is 4. The summed E-state index contributed by atoms with van der Waals surface area (Å²) in [5.41, 5.74) is 0.379. The lowest BCUT2D eigenvalue weighted by Crippen LogP contribution is -2.24. The minimum absolute atomic E-state index is 0.0324. The first kappa shape index (κ1) is 16.7. The third-order valence-corrected chi connectivity index (χ3v) is 4.05. The molecule has 2 aromatic rings. The van der Waals surface area contributed by atoms with Crippen LogP contribution >= 0.6 is 11.6 Å². The van der Waals surface area contributed by atoms with E-state index in [-0.39, 0.29) is 33.0 Å². The highest BCUT2D eigenvalue weighted by molar-refractivity contribution is 6.31. The molecule has 0 spiro atoms.